The fourth-order valence-corrected chi connectivity index (χ4v) is 1.60. The molecule has 0 saturated heterocycles. The predicted octanol–water partition coefficient (Wildman–Crippen LogP) is 3.53. The van der Waals surface area contributed by atoms with Crippen LogP contribution in [-0.2, 0) is 5.88 Å². The molecule has 2 nitrogen and oxygen atoms in total. The number of halogens is 4. The van der Waals surface area contributed by atoms with Crippen molar-refractivity contribution in [3.05, 3.63) is 21.8 Å². The summed E-state index contributed by atoms with van der Waals surface area (Å²) in [6, 6.07) is 1.29. The minimum Gasteiger partial charge on any atom is -0.481 e. The van der Waals surface area contributed by atoms with E-state index in [2.05, 4.69) is 20.9 Å². The van der Waals surface area contributed by atoms with Crippen LogP contribution in [0.25, 0.3) is 0 Å². The summed E-state index contributed by atoms with van der Waals surface area (Å²) in [5, 5.41) is 0. The van der Waals surface area contributed by atoms with Crippen molar-refractivity contribution < 1.29 is 13.5 Å². The summed E-state index contributed by atoms with van der Waals surface area (Å²) >= 11 is 8.50. The van der Waals surface area contributed by atoms with Crippen LogP contribution < -0.4 is 4.74 Å². The van der Waals surface area contributed by atoms with Gasteiger partial charge in [-0.1, -0.05) is 0 Å². The fraction of sp³-hybridized carbons (Fsp3) is 0.375. The zero-order chi connectivity index (χ0) is 10.7. The van der Waals surface area contributed by atoms with E-state index in [9.17, 15) is 8.78 Å². The Balaban J connectivity index is 3.23. The van der Waals surface area contributed by atoms with Crippen molar-refractivity contribution in [3.63, 3.8) is 0 Å². The third-order valence-electron chi connectivity index (χ3n) is 1.61. The van der Waals surface area contributed by atoms with Gasteiger partial charge in [-0.3, -0.25) is 0 Å². The molecular weight excluding hydrogens is 279 g/mol. The maximum absolute atomic E-state index is 12.4. The van der Waals surface area contributed by atoms with Gasteiger partial charge in [0, 0.05) is 5.56 Å². The number of pyridine rings is 1. The van der Waals surface area contributed by atoms with Gasteiger partial charge in [0.25, 0.3) is 6.43 Å². The number of hydrogen-bond donors (Lipinski definition) is 0. The molecule has 0 aliphatic heterocycles. The summed E-state index contributed by atoms with van der Waals surface area (Å²) < 4.78 is 29.8. The van der Waals surface area contributed by atoms with Crippen molar-refractivity contribution in [2.75, 3.05) is 7.11 Å². The molecule has 0 unspecified atom stereocenters. The second-order valence-electron chi connectivity index (χ2n) is 2.47. The lowest BCUT2D eigenvalue weighted by molar-refractivity contribution is 0.149. The molecule has 0 amide bonds. The van der Waals surface area contributed by atoms with Gasteiger partial charge in [0.1, 0.15) is 4.60 Å². The Morgan fingerprint density at radius 2 is 2.29 bits per heavy atom. The molecule has 0 radical (unpaired) electrons. The lowest BCUT2D eigenvalue weighted by atomic mass is 10.2. The van der Waals surface area contributed by atoms with Gasteiger partial charge in [-0.05, 0) is 22.0 Å². The molecule has 1 aromatic rings. The van der Waals surface area contributed by atoms with Gasteiger partial charge in [0.15, 0.2) is 0 Å². The van der Waals surface area contributed by atoms with E-state index in [1.165, 1.54) is 13.2 Å². The summed E-state index contributed by atoms with van der Waals surface area (Å²) in [4.78, 5) is 3.81. The van der Waals surface area contributed by atoms with Crippen molar-refractivity contribution >= 4 is 27.5 Å². The van der Waals surface area contributed by atoms with Crippen molar-refractivity contribution in [2.24, 2.45) is 0 Å². The molecule has 0 fully saturated rings. The summed E-state index contributed by atoms with van der Waals surface area (Å²) in [7, 11) is 1.41. The number of methoxy groups -OCH3 is 1. The average Bonchev–Trinajstić information content (AvgIpc) is 2.16. The second-order valence-corrected chi connectivity index (χ2v) is 3.49. The van der Waals surface area contributed by atoms with Crippen LogP contribution in [0.5, 0.6) is 5.88 Å². The van der Waals surface area contributed by atoms with Gasteiger partial charge in [-0.15, -0.1) is 11.6 Å². The Morgan fingerprint density at radius 3 is 2.71 bits per heavy atom. The highest BCUT2D eigenvalue weighted by Crippen LogP contribution is 2.31. The highest BCUT2D eigenvalue weighted by molar-refractivity contribution is 9.10. The fourth-order valence-electron chi connectivity index (χ4n) is 0.960. The number of hydrogen-bond acceptors (Lipinski definition) is 2. The Bertz CT molecular complexity index is 335. The van der Waals surface area contributed by atoms with E-state index in [0.717, 1.165) is 0 Å². The first-order valence-corrected chi connectivity index (χ1v) is 5.00. The molecule has 1 rings (SSSR count). The molecule has 1 aromatic heterocycles. The van der Waals surface area contributed by atoms with E-state index >= 15 is 0 Å². The first-order chi connectivity index (χ1) is 6.60. The van der Waals surface area contributed by atoms with Crippen LogP contribution in [0.2, 0.25) is 0 Å². The Hall–Kier alpha value is -0.420. The summed E-state index contributed by atoms with van der Waals surface area (Å²) in [5.41, 5.74) is 0.272. The van der Waals surface area contributed by atoms with Gasteiger partial charge < -0.3 is 4.74 Å². The smallest absolute Gasteiger partial charge is 0.266 e. The van der Waals surface area contributed by atoms with Gasteiger partial charge in [-0.25, -0.2) is 13.8 Å². The SMILES string of the molecule is COc1nc(Br)c(C(F)F)cc1CCl. The molecule has 0 saturated carbocycles. The summed E-state index contributed by atoms with van der Waals surface area (Å²) in [6.45, 7) is 0. The van der Waals surface area contributed by atoms with Crippen LogP contribution in [0.4, 0.5) is 8.78 Å². The number of rotatable bonds is 3. The van der Waals surface area contributed by atoms with Crippen LogP contribution in [0, 0.1) is 0 Å². The Morgan fingerprint density at radius 1 is 1.64 bits per heavy atom. The van der Waals surface area contributed by atoms with Crippen molar-refractivity contribution in [2.45, 2.75) is 12.3 Å². The van der Waals surface area contributed by atoms with Crippen molar-refractivity contribution in [1.29, 1.82) is 0 Å². The molecule has 1 heterocycles. The van der Waals surface area contributed by atoms with E-state index in [-0.39, 0.29) is 21.9 Å². The minimum atomic E-state index is -2.58. The Kier molecular flexibility index (Phi) is 4.07. The van der Waals surface area contributed by atoms with E-state index in [1.54, 1.807) is 0 Å². The van der Waals surface area contributed by atoms with Crippen LogP contribution >= 0.6 is 27.5 Å². The van der Waals surface area contributed by atoms with Gasteiger partial charge >= 0.3 is 0 Å². The van der Waals surface area contributed by atoms with E-state index < -0.39 is 6.43 Å². The molecule has 0 spiro atoms. The molecule has 0 bridgehead atoms. The number of nitrogens with zero attached hydrogens (tertiary/aromatic N) is 1. The first-order valence-electron chi connectivity index (χ1n) is 3.67. The third kappa shape index (κ3) is 2.33. The van der Waals surface area contributed by atoms with Crippen molar-refractivity contribution in [1.82, 2.24) is 4.98 Å². The second kappa shape index (κ2) is 4.89. The minimum absolute atomic E-state index is 0.0817. The lowest BCUT2D eigenvalue weighted by Gasteiger charge is -2.09. The molecule has 0 atom stereocenters. The Labute approximate surface area is 93.4 Å². The predicted molar refractivity (Wildman–Crippen MR) is 53.0 cm³/mol. The van der Waals surface area contributed by atoms with Crippen LogP contribution in [0.1, 0.15) is 17.6 Å². The molecule has 0 aromatic carbocycles. The highest BCUT2D eigenvalue weighted by atomic mass is 79.9. The van der Waals surface area contributed by atoms with Gasteiger partial charge in [0.2, 0.25) is 5.88 Å². The zero-order valence-electron chi connectivity index (χ0n) is 7.23. The number of alkyl halides is 3. The van der Waals surface area contributed by atoms with Crippen LogP contribution in [0.3, 0.4) is 0 Å². The van der Waals surface area contributed by atoms with E-state index in [4.69, 9.17) is 16.3 Å². The third-order valence-corrected chi connectivity index (χ3v) is 2.54. The summed E-state index contributed by atoms with van der Waals surface area (Å²) in [5.74, 6) is 0.347. The quantitative estimate of drug-likeness (QED) is 0.626. The summed E-state index contributed by atoms with van der Waals surface area (Å²) in [6.07, 6.45) is -2.58. The normalized spacial score (nSPS) is 10.7. The van der Waals surface area contributed by atoms with Gasteiger partial charge in [0.05, 0.1) is 18.6 Å². The highest BCUT2D eigenvalue weighted by Gasteiger charge is 2.16. The average molecular weight is 287 g/mol. The zero-order valence-corrected chi connectivity index (χ0v) is 9.57. The largest absolute Gasteiger partial charge is 0.481 e. The van der Waals surface area contributed by atoms with Gasteiger partial charge in [-0.2, -0.15) is 0 Å². The first kappa shape index (κ1) is 11.7. The van der Waals surface area contributed by atoms with E-state index in [0.29, 0.717) is 5.56 Å². The molecule has 0 N–H and O–H groups in total. The maximum Gasteiger partial charge on any atom is 0.266 e. The molecule has 0 aliphatic carbocycles. The van der Waals surface area contributed by atoms with Crippen LogP contribution in [-0.4, -0.2) is 12.1 Å². The molecule has 14 heavy (non-hydrogen) atoms. The number of aromatic nitrogens is 1. The van der Waals surface area contributed by atoms with Crippen LogP contribution in [0.15, 0.2) is 10.7 Å². The monoisotopic (exact) mass is 285 g/mol. The lowest BCUT2D eigenvalue weighted by Crippen LogP contribution is -1.98. The standard InChI is InChI=1S/C8H7BrClF2NO/c1-14-8-4(3-10)2-5(7(11)12)6(9)13-8/h2,7H,3H2,1H3. The molecular formula is C8H7BrClF2NO. The molecule has 0 aliphatic rings. The topological polar surface area (TPSA) is 22.1 Å². The van der Waals surface area contributed by atoms with E-state index in [1.807, 2.05) is 0 Å². The molecule has 78 valence electrons. The van der Waals surface area contributed by atoms with Crippen molar-refractivity contribution in [3.8, 4) is 5.88 Å². The number of ether oxygens (including phenoxy) is 1. The molecule has 6 heteroatoms. The maximum atomic E-state index is 12.4.